The van der Waals surface area contributed by atoms with E-state index in [1.807, 2.05) is 25.1 Å². The Morgan fingerprint density at radius 1 is 1.38 bits per heavy atom. The second-order valence-electron chi connectivity index (χ2n) is 3.37. The van der Waals surface area contributed by atoms with E-state index in [4.69, 9.17) is 0 Å². The van der Waals surface area contributed by atoms with Crippen molar-refractivity contribution in [3.05, 3.63) is 34.9 Å². The van der Waals surface area contributed by atoms with Crippen molar-refractivity contribution in [2.75, 3.05) is 0 Å². The van der Waals surface area contributed by atoms with Gasteiger partial charge in [0.05, 0.1) is 0 Å². The predicted molar refractivity (Wildman–Crippen MR) is 55.2 cm³/mol. The van der Waals surface area contributed by atoms with Gasteiger partial charge in [0.25, 0.3) is 0 Å². The van der Waals surface area contributed by atoms with E-state index in [1.54, 1.807) is 0 Å². The first-order valence-electron chi connectivity index (χ1n) is 4.83. The predicted octanol–water partition coefficient (Wildman–Crippen LogP) is 3.15. The lowest BCUT2D eigenvalue weighted by Crippen LogP contribution is -1.95. The topological polar surface area (TPSA) is 17.1 Å². The van der Waals surface area contributed by atoms with Gasteiger partial charge in [0.15, 0.2) is 6.29 Å². The maximum Gasteiger partial charge on any atom is 0.150 e. The summed E-state index contributed by atoms with van der Waals surface area (Å²) in [7, 11) is 0. The van der Waals surface area contributed by atoms with E-state index in [2.05, 4.69) is 6.92 Å². The summed E-state index contributed by atoms with van der Waals surface area (Å²) >= 11 is 0. The molecular formula is C12H16O. The van der Waals surface area contributed by atoms with Gasteiger partial charge in [-0.05, 0) is 30.9 Å². The quantitative estimate of drug-likeness (QED) is 0.644. The SMILES string of the molecule is CCCCc1cccc(C)c1C=O. The average Bonchev–Trinajstić information content (AvgIpc) is 2.15. The first-order valence-corrected chi connectivity index (χ1v) is 4.83. The van der Waals surface area contributed by atoms with Gasteiger partial charge in [-0.2, -0.15) is 0 Å². The van der Waals surface area contributed by atoms with Gasteiger partial charge in [-0.3, -0.25) is 4.79 Å². The van der Waals surface area contributed by atoms with Crippen molar-refractivity contribution < 1.29 is 4.79 Å². The van der Waals surface area contributed by atoms with E-state index in [-0.39, 0.29) is 0 Å². The third-order valence-electron chi connectivity index (χ3n) is 2.33. The normalized spacial score (nSPS) is 10.0. The first kappa shape index (κ1) is 9.97. The molecule has 0 fully saturated rings. The minimum absolute atomic E-state index is 0.885. The minimum atomic E-state index is 0.885. The fourth-order valence-electron chi connectivity index (χ4n) is 1.50. The van der Waals surface area contributed by atoms with E-state index in [1.165, 1.54) is 12.0 Å². The molecule has 0 aliphatic carbocycles. The van der Waals surface area contributed by atoms with Crippen LogP contribution in [0.3, 0.4) is 0 Å². The molecule has 0 N–H and O–H groups in total. The number of aldehydes is 1. The molecule has 0 radical (unpaired) electrons. The largest absolute Gasteiger partial charge is 0.298 e. The van der Waals surface area contributed by atoms with Crippen molar-refractivity contribution in [1.29, 1.82) is 0 Å². The molecule has 0 unspecified atom stereocenters. The average molecular weight is 176 g/mol. The first-order chi connectivity index (χ1) is 6.29. The number of rotatable bonds is 4. The highest BCUT2D eigenvalue weighted by Crippen LogP contribution is 2.14. The molecule has 0 saturated heterocycles. The highest BCUT2D eigenvalue weighted by molar-refractivity contribution is 5.79. The Labute approximate surface area is 79.8 Å². The van der Waals surface area contributed by atoms with Crippen LogP contribution in [0.15, 0.2) is 18.2 Å². The van der Waals surface area contributed by atoms with Crippen LogP contribution in [0, 0.1) is 6.92 Å². The smallest absolute Gasteiger partial charge is 0.150 e. The molecular weight excluding hydrogens is 160 g/mol. The van der Waals surface area contributed by atoms with Gasteiger partial charge in [0.2, 0.25) is 0 Å². The van der Waals surface area contributed by atoms with E-state index < -0.39 is 0 Å². The Morgan fingerprint density at radius 3 is 2.77 bits per heavy atom. The lowest BCUT2D eigenvalue weighted by Gasteiger charge is -2.05. The van der Waals surface area contributed by atoms with Gasteiger partial charge in [0, 0.05) is 5.56 Å². The van der Waals surface area contributed by atoms with Gasteiger partial charge in [-0.1, -0.05) is 31.5 Å². The molecule has 0 amide bonds. The summed E-state index contributed by atoms with van der Waals surface area (Å²) in [5.74, 6) is 0. The zero-order chi connectivity index (χ0) is 9.68. The van der Waals surface area contributed by atoms with E-state index in [0.29, 0.717) is 0 Å². The molecule has 0 heterocycles. The van der Waals surface area contributed by atoms with Gasteiger partial charge < -0.3 is 0 Å². The number of unbranched alkanes of at least 4 members (excludes halogenated alkanes) is 1. The maximum absolute atomic E-state index is 10.8. The van der Waals surface area contributed by atoms with Crippen LogP contribution in [0.5, 0.6) is 0 Å². The molecule has 0 saturated carbocycles. The standard InChI is InChI=1S/C12H16O/c1-3-4-7-11-8-5-6-10(2)12(11)9-13/h5-6,8-9H,3-4,7H2,1-2H3. The summed E-state index contributed by atoms with van der Waals surface area (Å²) in [6, 6.07) is 6.05. The molecule has 13 heavy (non-hydrogen) atoms. The van der Waals surface area contributed by atoms with Crippen molar-refractivity contribution >= 4 is 6.29 Å². The second-order valence-corrected chi connectivity index (χ2v) is 3.37. The molecule has 1 nitrogen and oxygen atoms in total. The van der Waals surface area contributed by atoms with Crippen molar-refractivity contribution in [3.8, 4) is 0 Å². The van der Waals surface area contributed by atoms with Crippen molar-refractivity contribution in [2.45, 2.75) is 33.1 Å². The highest BCUT2D eigenvalue weighted by Gasteiger charge is 2.02. The Kier molecular flexibility index (Phi) is 3.69. The fourth-order valence-corrected chi connectivity index (χ4v) is 1.50. The molecule has 70 valence electrons. The molecule has 1 rings (SSSR count). The lowest BCUT2D eigenvalue weighted by molar-refractivity contribution is 0.112. The van der Waals surface area contributed by atoms with E-state index in [9.17, 15) is 4.79 Å². The fraction of sp³-hybridized carbons (Fsp3) is 0.417. The van der Waals surface area contributed by atoms with Crippen LogP contribution in [-0.2, 0) is 6.42 Å². The zero-order valence-corrected chi connectivity index (χ0v) is 8.34. The summed E-state index contributed by atoms with van der Waals surface area (Å²) < 4.78 is 0. The van der Waals surface area contributed by atoms with Gasteiger partial charge >= 0.3 is 0 Å². The monoisotopic (exact) mass is 176 g/mol. The third kappa shape index (κ3) is 2.41. The van der Waals surface area contributed by atoms with Crippen LogP contribution in [-0.4, -0.2) is 6.29 Å². The maximum atomic E-state index is 10.8. The number of carbonyl (C=O) groups is 1. The molecule has 1 heteroatoms. The minimum Gasteiger partial charge on any atom is -0.298 e. The summed E-state index contributed by atoms with van der Waals surface area (Å²) in [4.78, 5) is 10.8. The van der Waals surface area contributed by atoms with Crippen LogP contribution in [0.4, 0.5) is 0 Å². The summed E-state index contributed by atoms with van der Waals surface area (Å²) in [6.07, 6.45) is 4.32. The second kappa shape index (κ2) is 4.80. The van der Waals surface area contributed by atoms with Crippen LogP contribution < -0.4 is 0 Å². The Balaban J connectivity index is 2.91. The Morgan fingerprint density at radius 2 is 2.15 bits per heavy atom. The van der Waals surface area contributed by atoms with E-state index >= 15 is 0 Å². The van der Waals surface area contributed by atoms with Crippen LogP contribution in [0.2, 0.25) is 0 Å². The number of hydrogen-bond acceptors (Lipinski definition) is 1. The molecule has 1 aromatic rings. The van der Waals surface area contributed by atoms with E-state index in [0.717, 1.165) is 30.3 Å². The summed E-state index contributed by atoms with van der Waals surface area (Å²) in [5, 5.41) is 0. The molecule has 0 aliphatic rings. The Bertz CT molecular complexity index is 289. The van der Waals surface area contributed by atoms with Crippen molar-refractivity contribution in [2.24, 2.45) is 0 Å². The van der Waals surface area contributed by atoms with Crippen molar-refractivity contribution in [1.82, 2.24) is 0 Å². The number of benzene rings is 1. The number of carbonyl (C=O) groups excluding carboxylic acids is 1. The zero-order valence-electron chi connectivity index (χ0n) is 8.34. The van der Waals surface area contributed by atoms with Gasteiger partial charge in [-0.15, -0.1) is 0 Å². The Hall–Kier alpha value is -1.11. The van der Waals surface area contributed by atoms with Crippen LogP contribution >= 0.6 is 0 Å². The molecule has 1 aromatic carbocycles. The molecule has 0 spiro atoms. The molecule has 0 bridgehead atoms. The van der Waals surface area contributed by atoms with Crippen molar-refractivity contribution in [3.63, 3.8) is 0 Å². The summed E-state index contributed by atoms with van der Waals surface area (Å²) in [5.41, 5.74) is 3.16. The third-order valence-corrected chi connectivity index (χ3v) is 2.33. The summed E-state index contributed by atoms with van der Waals surface area (Å²) in [6.45, 7) is 4.15. The van der Waals surface area contributed by atoms with Crippen LogP contribution in [0.25, 0.3) is 0 Å². The number of aryl methyl sites for hydroxylation is 2. The molecule has 0 atom stereocenters. The lowest BCUT2D eigenvalue weighted by atomic mass is 9.99. The van der Waals surface area contributed by atoms with Crippen LogP contribution in [0.1, 0.15) is 41.3 Å². The molecule has 0 aromatic heterocycles. The molecule has 0 aliphatic heterocycles. The van der Waals surface area contributed by atoms with Gasteiger partial charge in [-0.25, -0.2) is 0 Å². The number of hydrogen-bond donors (Lipinski definition) is 0. The van der Waals surface area contributed by atoms with Gasteiger partial charge in [0.1, 0.15) is 0 Å². The highest BCUT2D eigenvalue weighted by atomic mass is 16.1.